The third kappa shape index (κ3) is 3.79. The van der Waals surface area contributed by atoms with Gasteiger partial charge in [-0.15, -0.1) is 0 Å². The number of rotatable bonds is 5. The highest BCUT2D eigenvalue weighted by Crippen LogP contribution is 2.35. The zero-order chi connectivity index (χ0) is 14.6. The van der Waals surface area contributed by atoms with E-state index in [2.05, 4.69) is 28.2 Å². The predicted octanol–water partition coefficient (Wildman–Crippen LogP) is 4.42. The highest BCUT2D eigenvalue weighted by atomic mass is 79.9. The monoisotopic (exact) mass is 340 g/mol. The fraction of sp³-hybridized carbons (Fsp3) is 0.600. The van der Waals surface area contributed by atoms with Crippen molar-refractivity contribution in [2.75, 3.05) is 6.54 Å². The van der Waals surface area contributed by atoms with Gasteiger partial charge < -0.3 is 5.32 Å². The highest BCUT2D eigenvalue weighted by Gasteiger charge is 2.26. The van der Waals surface area contributed by atoms with Crippen LogP contribution in [-0.4, -0.2) is 11.5 Å². The summed E-state index contributed by atoms with van der Waals surface area (Å²) in [5.74, 6) is 0. The first-order chi connectivity index (χ1) is 9.52. The van der Waals surface area contributed by atoms with E-state index in [0.29, 0.717) is 16.4 Å². The van der Waals surface area contributed by atoms with Crippen LogP contribution in [0.1, 0.15) is 44.6 Å². The van der Waals surface area contributed by atoms with Crippen molar-refractivity contribution in [1.29, 1.82) is 0 Å². The average Bonchev–Trinajstić information content (AvgIpc) is 2.41. The molecule has 1 saturated carbocycles. The number of nitrogens with zero attached hydrogens (tertiary/aromatic N) is 1. The van der Waals surface area contributed by atoms with Gasteiger partial charge in [0.05, 0.1) is 9.40 Å². The Hall–Kier alpha value is -0.940. The molecule has 1 N–H and O–H groups in total. The second-order valence-corrected chi connectivity index (χ2v) is 6.78. The topological polar surface area (TPSA) is 55.2 Å². The summed E-state index contributed by atoms with van der Waals surface area (Å²) in [5.41, 5.74) is 1.46. The van der Waals surface area contributed by atoms with Gasteiger partial charge in [0.25, 0.3) is 5.69 Å². The van der Waals surface area contributed by atoms with Crippen LogP contribution in [0.3, 0.4) is 0 Å². The van der Waals surface area contributed by atoms with Crippen LogP contribution < -0.4 is 5.32 Å². The number of nitro benzene ring substituents is 1. The van der Waals surface area contributed by atoms with Crippen molar-refractivity contribution in [3.8, 4) is 0 Å². The lowest BCUT2D eigenvalue weighted by Crippen LogP contribution is -2.33. The molecule has 0 heterocycles. The molecule has 0 spiro atoms. The van der Waals surface area contributed by atoms with E-state index in [-0.39, 0.29) is 10.6 Å². The molecule has 0 saturated heterocycles. The van der Waals surface area contributed by atoms with Gasteiger partial charge in [-0.3, -0.25) is 10.1 Å². The number of hydrogen-bond donors (Lipinski definition) is 1. The minimum Gasteiger partial charge on any atom is -0.312 e. The normalized spacial score (nSPS) is 17.9. The first-order valence-electron chi connectivity index (χ1n) is 7.14. The molecule has 1 aromatic rings. The van der Waals surface area contributed by atoms with Crippen molar-refractivity contribution in [2.45, 2.75) is 45.6 Å². The van der Waals surface area contributed by atoms with E-state index in [1.807, 2.05) is 6.07 Å². The van der Waals surface area contributed by atoms with E-state index < -0.39 is 0 Å². The Labute approximate surface area is 128 Å². The van der Waals surface area contributed by atoms with Crippen LogP contribution in [-0.2, 0) is 6.54 Å². The van der Waals surface area contributed by atoms with Crippen LogP contribution in [0.15, 0.2) is 22.7 Å². The van der Waals surface area contributed by atoms with Crippen LogP contribution in [0.2, 0.25) is 0 Å². The Morgan fingerprint density at radius 2 is 2.05 bits per heavy atom. The molecule has 20 heavy (non-hydrogen) atoms. The number of hydrogen-bond acceptors (Lipinski definition) is 3. The van der Waals surface area contributed by atoms with Crippen molar-refractivity contribution in [2.24, 2.45) is 5.41 Å². The zero-order valence-corrected chi connectivity index (χ0v) is 13.4. The highest BCUT2D eigenvalue weighted by molar-refractivity contribution is 9.10. The molecule has 1 aliphatic carbocycles. The van der Waals surface area contributed by atoms with Crippen molar-refractivity contribution in [3.05, 3.63) is 38.3 Å². The average molecular weight is 341 g/mol. The first-order valence-corrected chi connectivity index (χ1v) is 7.94. The molecule has 0 amide bonds. The first kappa shape index (κ1) is 15.4. The molecular formula is C15H21BrN2O2. The molecule has 0 bridgehead atoms. The van der Waals surface area contributed by atoms with Gasteiger partial charge in [-0.05, 0) is 39.8 Å². The molecule has 5 heteroatoms. The van der Waals surface area contributed by atoms with E-state index in [1.165, 1.54) is 38.2 Å². The number of benzene rings is 1. The fourth-order valence-corrected chi connectivity index (χ4v) is 3.47. The van der Waals surface area contributed by atoms with Gasteiger partial charge in [0.2, 0.25) is 0 Å². The molecule has 0 aliphatic heterocycles. The Bertz CT molecular complexity index is 485. The van der Waals surface area contributed by atoms with Gasteiger partial charge >= 0.3 is 0 Å². The second-order valence-electron chi connectivity index (χ2n) is 5.98. The maximum Gasteiger partial charge on any atom is 0.283 e. The lowest BCUT2D eigenvalue weighted by atomic mass is 9.76. The van der Waals surface area contributed by atoms with E-state index in [0.717, 1.165) is 12.1 Å². The number of nitrogens with one attached hydrogen (secondary N) is 1. The summed E-state index contributed by atoms with van der Waals surface area (Å²) >= 11 is 3.34. The molecule has 1 aromatic carbocycles. The molecule has 1 fully saturated rings. The number of nitro groups is 1. The molecule has 0 aromatic heterocycles. The Morgan fingerprint density at radius 3 is 2.70 bits per heavy atom. The van der Waals surface area contributed by atoms with Gasteiger partial charge in [-0.1, -0.05) is 38.3 Å². The van der Waals surface area contributed by atoms with E-state index in [9.17, 15) is 10.1 Å². The molecule has 1 aliphatic rings. The Balaban J connectivity index is 1.94. The smallest absolute Gasteiger partial charge is 0.283 e. The Kier molecular flexibility index (Phi) is 5.16. The van der Waals surface area contributed by atoms with Crippen LogP contribution in [0, 0.1) is 15.5 Å². The summed E-state index contributed by atoms with van der Waals surface area (Å²) in [4.78, 5) is 10.6. The summed E-state index contributed by atoms with van der Waals surface area (Å²) in [6.45, 7) is 3.97. The summed E-state index contributed by atoms with van der Waals surface area (Å²) in [6.07, 6.45) is 6.54. The van der Waals surface area contributed by atoms with Gasteiger partial charge in [-0.25, -0.2) is 0 Å². The van der Waals surface area contributed by atoms with Crippen molar-refractivity contribution in [3.63, 3.8) is 0 Å². The molecule has 0 atom stereocenters. The quantitative estimate of drug-likeness (QED) is 0.637. The number of halogens is 1. The van der Waals surface area contributed by atoms with Crippen molar-refractivity contribution < 1.29 is 4.92 Å². The van der Waals surface area contributed by atoms with Gasteiger partial charge in [-0.2, -0.15) is 0 Å². The lowest BCUT2D eigenvalue weighted by molar-refractivity contribution is -0.385. The molecular weight excluding hydrogens is 320 g/mol. The van der Waals surface area contributed by atoms with Crippen LogP contribution in [0.4, 0.5) is 5.69 Å². The largest absolute Gasteiger partial charge is 0.312 e. The Morgan fingerprint density at radius 1 is 1.35 bits per heavy atom. The zero-order valence-electron chi connectivity index (χ0n) is 11.8. The third-order valence-electron chi connectivity index (χ3n) is 4.18. The summed E-state index contributed by atoms with van der Waals surface area (Å²) < 4.78 is 0.589. The fourth-order valence-electron chi connectivity index (χ4n) is 2.92. The molecule has 2 rings (SSSR count). The van der Waals surface area contributed by atoms with E-state index >= 15 is 0 Å². The van der Waals surface area contributed by atoms with E-state index in [1.54, 1.807) is 6.07 Å². The summed E-state index contributed by atoms with van der Waals surface area (Å²) in [7, 11) is 0. The van der Waals surface area contributed by atoms with Crippen LogP contribution >= 0.6 is 15.9 Å². The van der Waals surface area contributed by atoms with Crippen LogP contribution in [0.25, 0.3) is 0 Å². The predicted molar refractivity (Wildman–Crippen MR) is 83.7 cm³/mol. The minimum atomic E-state index is -0.351. The van der Waals surface area contributed by atoms with Gasteiger partial charge in [0.1, 0.15) is 0 Å². The SMILES string of the molecule is CC1(CNCc2cccc([N+](=O)[O-])c2Br)CCCCC1. The van der Waals surface area contributed by atoms with E-state index in [4.69, 9.17) is 0 Å². The maximum absolute atomic E-state index is 10.9. The lowest BCUT2D eigenvalue weighted by Gasteiger charge is -2.33. The standard InChI is InChI=1S/C15H21BrN2O2/c1-15(8-3-2-4-9-15)11-17-10-12-6-5-7-13(14(12)16)18(19)20/h5-7,17H,2-4,8-11H2,1H3. The molecule has 0 radical (unpaired) electrons. The van der Waals surface area contributed by atoms with Crippen LogP contribution in [0.5, 0.6) is 0 Å². The van der Waals surface area contributed by atoms with Crippen molar-refractivity contribution >= 4 is 21.6 Å². The minimum absolute atomic E-state index is 0.133. The summed E-state index contributed by atoms with van der Waals surface area (Å²) in [5, 5.41) is 14.4. The van der Waals surface area contributed by atoms with Crippen molar-refractivity contribution in [1.82, 2.24) is 5.32 Å². The summed E-state index contributed by atoms with van der Waals surface area (Å²) in [6, 6.07) is 5.19. The van der Waals surface area contributed by atoms with Gasteiger partial charge in [0, 0.05) is 19.2 Å². The molecule has 4 nitrogen and oxygen atoms in total. The maximum atomic E-state index is 10.9. The van der Waals surface area contributed by atoms with Gasteiger partial charge in [0.15, 0.2) is 0 Å². The second kappa shape index (κ2) is 6.68. The molecule has 0 unspecified atom stereocenters. The molecule has 110 valence electrons. The third-order valence-corrected chi connectivity index (χ3v) is 5.10.